The van der Waals surface area contributed by atoms with Crippen LogP contribution in [0.3, 0.4) is 0 Å². The molecule has 0 aliphatic rings. The van der Waals surface area contributed by atoms with E-state index in [1.807, 2.05) is 12.1 Å². The highest BCUT2D eigenvalue weighted by Gasteiger charge is 2.12. The molecule has 3 aromatic rings. The van der Waals surface area contributed by atoms with Crippen LogP contribution >= 0.6 is 0 Å². The van der Waals surface area contributed by atoms with Crippen molar-refractivity contribution in [1.82, 2.24) is 14.9 Å². The van der Waals surface area contributed by atoms with Gasteiger partial charge in [-0.1, -0.05) is 44.7 Å². The van der Waals surface area contributed by atoms with Crippen LogP contribution in [0.5, 0.6) is 0 Å². The summed E-state index contributed by atoms with van der Waals surface area (Å²) >= 11 is 0. The number of unbranched alkanes of at least 4 members (excludes halogenated alkanes) is 4. The van der Waals surface area contributed by atoms with Crippen LogP contribution in [-0.4, -0.2) is 22.0 Å². The van der Waals surface area contributed by atoms with Crippen LogP contribution in [0.4, 0.5) is 0 Å². The number of hydrogen-bond donors (Lipinski definition) is 1. The van der Waals surface area contributed by atoms with E-state index >= 15 is 0 Å². The second kappa shape index (κ2) is 9.22. The fraction of sp³-hybridized carbons (Fsp3) is 0.429. The minimum absolute atomic E-state index is 0.183. The molecular weight excluding hydrogens is 326 g/mol. The van der Waals surface area contributed by atoms with Crippen molar-refractivity contribution in [3.8, 4) is 0 Å². The maximum Gasteiger partial charge on any atom is 0.286 e. The predicted octanol–water partition coefficient (Wildman–Crippen LogP) is 4.57. The van der Waals surface area contributed by atoms with E-state index in [-0.39, 0.29) is 5.91 Å². The van der Waals surface area contributed by atoms with Crippen LogP contribution < -0.4 is 5.32 Å². The topological polar surface area (TPSA) is 60.1 Å². The molecule has 0 saturated carbocycles. The number of amides is 1. The summed E-state index contributed by atoms with van der Waals surface area (Å²) in [7, 11) is 0. The third-order valence-corrected chi connectivity index (χ3v) is 4.60. The molecule has 3 rings (SSSR count). The van der Waals surface area contributed by atoms with Gasteiger partial charge in [0.2, 0.25) is 0 Å². The van der Waals surface area contributed by atoms with Crippen molar-refractivity contribution < 1.29 is 9.21 Å². The van der Waals surface area contributed by atoms with Gasteiger partial charge in [0.25, 0.3) is 5.91 Å². The fourth-order valence-corrected chi connectivity index (χ4v) is 3.22. The summed E-state index contributed by atoms with van der Waals surface area (Å²) in [5, 5.41) is 2.90. The van der Waals surface area contributed by atoms with Crippen LogP contribution in [-0.2, 0) is 13.0 Å². The molecule has 1 N–H and O–H groups in total. The number of aromatic nitrogens is 2. The van der Waals surface area contributed by atoms with Gasteiger partial charge in [-0.15, -0.1) is 0 Å². The average molecular weight is 353 g/mol. The monoisotopic (exact) mass is 353 g/mol. The summed E-state index contributed by atoms with van der Waals surface area (Å²) in [5.74, 6) is 1.19. The Morgan fingerprint density at radius 2 is 1.96 bits per heavy atom. The largest absolute Gasteiger partial charge is 0.459 e. The Bertz CT molecular complexity index is 821. The van der Waals surface area contributed by atoms with E-state index in [9.17, 15) is 4.79 Å². The first-order chi connectivity index (χ1) is 12.8. The van der Waals surface area contributed by atoms with Gasteiger partial charge in [-0.25, -0.2) is 4.98 Å². The lowest BCUT2D eigenvalue weighted by Crippen LogP contribution is -2.26. The highest BCUT2D eigenvalue weighted by molar-refractivity contribution is 5.91. The molecule has 0 radical (unpaired) electrons. The number of benzene rings is 1. The van der Waals surface area contributed by atoms with Gasteiger partial charge >= 0.3 is 0 Å². The van der Waals surface area contributed by atoms with E-state index in [0.29, 0.717) is 18.7 Å². The van der Waals surface area contributed by atoms with Gasteiger partial charge in [0, 0.05) is 19.5 Å². The van der Waals surface area contributed by atoms with Gasteiger partial charge in [0.05, 0.1) is 17.3 Å². The van der Waals surface area contributed by atoms with Gasteiger partial charge in [0.15, 0.2) is 5.76 Å². The minimum Gasteiger partial charge on any atom is -0.459 e. The van der Waals surface area contributed by atoms with Crippen molar-refractivity contribution in [2.45, 2.75) is 52.0 Å². The third kappa shape index (κ3) is 4.54. The summed E-state index contributed by atoms with van der Waals surface area (Å²) < 4.78 is 7.43. The summed E-state index contributed by atoms with van der Waals surface area (Å²) in [6, 6.07) is 11.6. The zero-order valence-corrected chi connectivity index (χ0v) is 15.4. The van der Waals surface area contributed by atoms with E-state index in [0.717, 1.165) is 24.3 Å². The number of para-hydroxylation sites is 2. The Labute approximate surface area is 154 Å². The molecule has 0 fully saturated rings. The van der Waals surface area contributed by atoms with E-state index in [4.69, 9.17) is 9.40 Å². The predicted molar refractivity (Wildman–Crippen MR) is 103 cm³/mol. The Morgan fingerprint density at radius 3 is 2.77 bits per heavy atom. The number of nitrogens with one attached hydrogen (secondary N) is 1. The Balaban J connectivity index is 1.62. The van der Waals surface area contributed by atoms with Crippen molar-refractivity contribution in [2.75, 3.05) is 6.54 Å². The maximum absolute atomic E-state index is 12.0. The van der Waals surface area contributed by atoms with Gasteiger partial charge in [-0.2, -0.15) is 0 Å². The minimum atomic E-state index is -0.183. The first-order valence-electron chi connectivity index (χ1n) is 9.55. The first-order valence-corrected chi connectivity index (χ1v) is 9.55. The van der Waals surface area contributed by atoms with Gasteiger partial charge in [-0.3, -0.25) is 4.79 Å². The smallest absolute Gasteiger partial charge is 0.286 e. The van der Waals surface area contributed by atoms with Gasteiger partial charge in [-0.05, 0) is 30.7 Å². The molecule has 2 aromatic heterocycles. The van der Waals surface area contributed by atoms with Crippen molar-refractivity contribution in [3.05, 3.63) is 54.2 Å². The number of imidazole rings is 1. The summed E-state index contributed by atoms with van der Waals surface area (Å²) in [6.07, 6.45) is 8.47. The van der Waals surface area contributed by atoms with E-state index in [1.165, 1.54) is 37.5 Å². The highest BCUT2D eigenvalue weighted by atomic mass is 16.3. The SMILES string of the molecule is CCCCCCCn1c(CCNC(=O)c2ccco2)nc2ccccc21. The molecule has 2 heterocycles. The van der Waals surface area contributed by atoms with Crippen molar-refractivity contribution in [2.24, 2.45) is 0 Å². The number of nitrogens with zero attached hydrogens (tertiary/aromatic N) is 2. The molecular formula is C21H27N3O2. The molecule has 5 heteroatoms. The van der Waals surface area contributed by atoms with Gasteiger partial charge in [0.1, 0.15) is 5.82 Å². The lowest BCUT2D eigenvalue weighted by molar-refractivity contribution is 0.0926. The van der Waals surface area contributed by atoms with E-state index < -0.39 is 0 Å². The highest BCUT2D eigenvalue weighted by Crippen LogP contribution is 2.18. The summed E-state index contributed by atoms with van der Waals surface area (Å²) in [4.78, 5) is 16.8. The second-order valence-corrected chi connectivity index (χ2v) is 6.57. The van der Waals surface area contributed by atoms with Crippen molar-refractivity contribution in [1.29, 1.82) is 0 Å². The number of aryl methyl sites for hydroxylation is 1. The number of fused-ring (bicyclic) bond motifs is 1. The van der Waals surface area contributed by atoms with Crippen LogP contribution in [0.1, 0.15) is 55.4 Å². The second-order valence-electron chi connectivity index (χ2n) is 6.57. The lowest BCUT2D eigenvalue weighted by Gasteiger charge is -2.10. The van der Waals surface area contributed by atoms with Gasteiger partial charge < -0.3 is 14.3 Å². The Morgan fingerprint density at radius 1 is 1.12 bits per heavy atom. The van der Waals surface area contributed by atoms with Crippen molar-refractivity contribution >= 4 is 16.9 Å². The quantitative estimate of drug-likeness (QED) is 0.543. The average Bonchev–Trinajstić information content (AvgIpc) is 3.30. The molecule has 1 amide bonds. The molecule has 26 heavy (non-hydrogen) atoms. The number of hydrogen-bond acceptors (Lipinski definition) is 3. The van der Waals surface area contributed by atoms with Crippen LogP contribution in [0.15, 0.2) is 47.1 Å². The fourth-order valence-electron chi connectivity index (χ4n) is 3.22. The zero-order valence-electron chi connectivity index (χ0n) is 15.4. The standard InChI is InChI=1S/C21H27N3O2/c1-2-3-4-5-8-15-24-18-11-7-6-10-17(18)23-20(24)13-14-22-21(25)19-12-9-16-26-19/h6-7,9-12,16H,2-5,8,13-15H2,1H3,(H,22,25). The maximum atomic E-state index is 12.0. The lowest BCUT2D eigenvalue weighted by atomic mass is 10.1. The molecule has 0 aliphatic carbocycles. The summed E-state index contributed by atoms with van der Waals surface area (Å²) in [6.45, 7) is 3.75. The molecule has 0 unspecified atom stereocenters. The molecule has 0 aliphatic heterocycles. The molecule has 0 atom stereocenters. The Kier molecular flexibility index (Phi) is 6.47. The molecule has 0 saturated heterocycles. The number of carbonyl (C=O) groups excluding carboxylic acids is 1. The Hall–Kier alpha value is -2.56. The van der Waals surface area contributed by atoms with E-state index in [1.54, 1.807) is 12.1 Å². The van der Waals surface area contributed by atoms with E-state index in [2.05, 4.69) is 28.9 Å². The zero-order chi connectivity index (χ0) is 18.2. The molecule has 0 spiro atoms. The van der Waals surface area contributed by atoms with Crippen molar-refractivity contribution in [3.63, 3.8) is 0 Å². The molecule has 5 nitrogen and oxygen atoms in total. The van der Waals surface area contributed by atoms with Crippen LogP contribution in [0.2, 0.25) is 0 Å². The normalized spacial score (nSPS) is 11.1. The molecule has 138 valence electrons. The number of rotatable bonds is 10. The first kappa shape index (κ1) is 18.2. The summed E-state index contributed by atoms with van der Waals surface area (Å²) in [5.41, 5.74) is 2.20. The van der Waals surface area contributed by atoms with Crippen LogP contribution in [0, 0.1) is 0 Å². The third-order valence-electron chi connectivity index (χ3n) is 4.60. The number of furan rings is 1. The number of carbonyl (C=O) groups is 1. The molecule has 0 bridgehead atoms. The molecule has 1 aromatic carbocycles. The van der Waals surface area contributed by atoms with Crippen LogP contribution in [0.25, 0.3) is 11.0 Å².